The number of allylic oxidation sites excluding steroid dienone is 4. The first kappa shape index (κ1) is 8.25. The average molecular weight is 150 g/mol. The minimum absolute atomic E-state index is 0.119. The highest BCUT2D eigenvalue weighted by Crippen LogP contribution is 2.18. The molecule has 0 spiro atoms. The normalized spacial score (nSPS) is 24.3. The van der Waals surface area contributed by atoms with E-state index < -0.39 is 0 Å². The molecule has 0 saturated heterocycles. The fourth-order valence-corrected chi connectivity index (χ4v) is 1.19. The van der Waals surface area contributed by atoms with Crippen molar-refractivity contribution in [1.29, 1.82) is 0 Å². The highest BCUT2D eigenvalue weighted by atomic mass is 16.1. The Morgan fingerprint density at radius 1 is 1.45 bits per heavy atom. The molecular formula is C10H14O. The number of carbonyl (C=O) groups excluding carboxylic acids is 1. The first-order valence-corrected chi connectivity index (χ1v) is 4.09. The van der Waals surface area contributed by atoms with E-state index in [4.69, 9.17) is 0 Å². The van der Waals surface area contributed by atoms with Gasteiger partial charge in [0, 0.05) is 0 Å². The molecule has 0 amide bonds. The van der Waals surface area contributed by atoms with Crippen molar-refractivity contribution in [2.45, 2.75) is 20.3 Å². The molecule has 0 saturated carbocycles. The molecule has 1 atom stereocenters. The lowest BCUT2D eigenvalue weighted by Gasteiger charge is -2.12. The van der Waals surface area contributed by atoms with Crippen LogP contribution < -0.4 is 0 Å². The molecule has 0 bridgehead atoms. The van der Waals surface area contributed by atoms with Gasteiger partial charge in [0.1, 0.15) is 0 Å². The maximum Gasteiger partial charge on any atom is 0.178 e. The van der Waals surface area contributed by atoms with Gasteiger partial charge in [-0.1, -0.05) is 26.0 Å². The van der Waals surface area contributed by atoms with E-state index in [0.29, 0.717) is 11.8 Å². The quantitative estimate of drug-likeness (QED) is 0.560. The Bertz CT molecular complexity index is 199. The summed E-state index contributed by atoms with van der Waals surface area (Å²) in [6.45, 7) is 4.36. The molecule has 1 rings (SSSR count). The molecule has 0 aromatic rings. The van der Waals surface area contributed by atoms with Gasteiger partial charge in [0.2, 0.25) is 0 Å². The molecule has 1 aliphatic carbocycles. The van der Waals surface area contributed by atoms with Gasteiger partial charge in [0.05, 0.1) is 0 Å². The van der Waals surface area contributed by atoms with Crippen LogP contribution in [-0.4, -0.2) is 5.78 Å². The second kappa shape index (κ2) is 3.51. The third kappa shape index (κ3) is 2.34. The Labute approximate surface area is 67.8 Å². The third-order valence-electron chi connectivity index (χ3n) is 2.05. The van der Waals surface area contributed by atoms with Crippen LogP contribution in [0.2, 0.25) is 0 Å². The topological polar surface area (TPSA) is 17.1 Å². The molecule has 0 aromatic heterocycles. The van der Waals surface area contributed by atoms with E-state index in [9.17, 15) is 4.79 Å². The van der Waals surface area contributed by atoms with Crippen molar-refractivity contribution < 1.29 is 4.79 Å². The Kier molecular flexibility index (Phi) is 2.64. The van der Waals surface area contributed by atoms with Crippen LogP contribution in [0, 0.1) is 11.8 Å². The molecule has 1 aliphatic rings. The van der Waals surface area contributed by atoms with E-state index in [-0.39, 0.29) is 5.78 Å². The molecule has 0 N–H and O–H groups in total. The summed E-state index contributed by atoms with van der Waals surface area (Å²) in [6.07, 6.45) is 8.31. The molecule has 1 heteroatoms. The maximum atomic E-state index is 10.9. The zero-order valence-electron chi connectivity index (χ0n) is 7.08. The molecule has 0 radical (unpaired) electrons. The van der Waals surface area contributed by atoms with Gasteiger partial charge in [-0.2, -0.15) is 0 Å². The highest BCUT2D eigenvalue weighted by molar-refractivity contribution is 5.99. The lowest BCUT2D eigenvalue weighted by atomic mass is 9.93. The molecule has 1 nitrogen and oxygen atoms in total. The lowest BCUT2D eigenvalue weighted by Crippen LogP contribution is -2.03. The molecule has 0 fully saturated rings. The third-order valence-corrected chi connectivity index (χ3v) is 2.05. The molecule has 11 heavy (non-hydrogen) atoms. The average Bonchev–Trinajstić information content (AvgIpc) is 2.13. The van der Waals surface area contributed by atoms with Crippen LogP contribution in [0.5, 0.6) is 0 Å². The second-order valence-electron chi connectivity index (χ2n) is 3.31. The van der Waals surface area contributed by atoms with Crippen molar-refractivity contribution in [2.75, 3.05) is 0 Å². The lowest BCUT2D eigenvalue weighted by molar-refractivity contribution is -0.110. The monoisotopic (exact) mass is 150 g/mol. The van der Waals surface area contributed by atoms with E-state index in [1.165, 1.54) is 0 Å². The van der Waals surface area contributed by atoms with Gasteiger partial charge in [-0.05, 0) is 30.4 Å². The van der Waals surface area contributed by atoms with Crippen LogP contribution in [0.4, 0.5) is 0 Å². The number of hydrogen-bond acceptors (Lipinski definition) is 1. The molecule has 0 aliphatic heterocycles. The zero-order valence-corrected chi connectivity index (χ0v) is 7.08. The van der Waals surface area contributed by atoms with Gasteiger partial charge < -0.3 is 0 Å². The van der Waals surface area contributed by atoms with Gasteiger partial charge in [0.15, 0.2) is 5.78 Å². The van der Waals surface area contributed by atoms with Crippen LogP contribution >= 0.6 is 0 Å². The Morgan fingerprint density at radius 2 is 2.18 bits per heavy atom. The van der Waals surface area contributed by atoms with Gasteiger partial charge in [-0.15, -0.1) is 0 Å². The van der Waals surface area contributed by atoms with Gasteiger partial charge >= 0.3 is 0 Å². The van der Waals surface area contributed by atoms with Crippen LogP contribution in [0.1, 0.15) is 20.3 Å². The number of rotatable bonds is 1. The predicted octanol–water partition coefficient (Wildman–Crippen LogP) is 2.34. The van der Waals surface area contributed by atoms with Crippen molar-refractivity contribution >= 4 is 5.78 Å². The van der Waals surface area contributed by atoms with Crippen molar-refractivity contribution in [1.82, 2.24) is 0 Å². The summed E-state index contributed by atoms with van der Waals surface area (Å²) >= 11 is 0. The molecule has 0 aromatic carbocycles. The van der Waals surface area contributed by atoms with E-state index in [2.05, 4.69) is 13.8 Å². The fourth-order valence-electron chi connectivity index (χ4n) is 1.19. The first-order valence-electron chi connectivity index (χ1n) is 4.09. The predicted molar refractivity (Wildman–Crippen MR) is 46.2 cm³/mol. The summed E-state index contributed by atoms with van der Waals surface area (Å²) in [4.78, 5) is 10.9. The Balaban J connectivity index is 2.66. The van der Waals surface area contributed by atoms with E-state index >= 15 is 0 Å². The maximum absolute atomic E-state index is 10.9. The number of ketones is 1. The SMILES string of the molecule is CC(C)C1C=CC(=O)C=CC1. The standard InChI is InChI=1S/C10H14O/c1-8(2)9-4-3-5-10(11)7-6-9/h3,5-9H,4H2,1-2H3. The number of hydrogen-bond donors (Lipinski definition) is 0. The van der Waals surface area contributed by atoms with E-state index in [1.807, 2.05) is 12.2 Å². The number of carbonyl (C=O) groups is 1. The molecule has 60 valence electrons. The van der Waals surface area contributed by atoms with Gasteiger partial charge in [-0.25, -0.2) is 0 Å². The van der Waals surface area contributed by atoms with Crippen molar-refractivity contribution in [3.05, 3.63) is 24.3 Å². The largest absolute Gasteiger partial charge is 0.290 e. The summed E-state index contributed by atoms with van der Waals surface area (Å²) in [5.41, 5.74) is 0. The van der Waals surface area contributed by atoms with Crippen molar-refractivity contribution in [2.24, 2.45) is 11.8 Å². The Hall–Kier alpha value is -0.850. The zero-order chi connectivity index (χ0) is 8.27. The fraction of sp³-hybridized carbons (Fsp3) is 0.500. The van der Waals surface area contributed by atoms with Crippen molar-refractivity contribution in [3.8, 4) is 0 Å². The molecule has 1 unspecified atom stereocenters. The summed E-state index contributed by atoms with van der Waals surface area (Å²) in [5.74, 6) is 1.28. The smallest absolute Gasteiger partial charge is 0.178 e. The van der Waals surface area contributed by atoms with Crippen LogP contribution in [0.3, 0.4) is 0 Å². The van der Waals surface area contributed by atoms with E-state index in [0.717, 1.165) is 6.42 Å². The summed E-state index contributed by atoms with van der Waals surface area (Å²) in [6, 6.07) is 0. The van der Waals surface area contributed by atoms with E-state index in [1.54, 1.807) is 12.2 Å². The molecular weight excluding hydrogens is 136 g/mol. The minimum Gasteiger partial charge on any atom is -0.290 e. The van der Waals surface area contributed by atoms with Gasteiger partial charge in [-0.3, -0.25) is 4.79 Å². The van der Waals surface area contributed by atoms with Crippen LogP contribution in [0.25, 0.3) is 0 Å². The summed E-state index contributed by atoms with van der Waals surface area (Å²) in [7, 11) is 0. The second-order valence-corrected chi connectivity index (χ2v) is 3.31. The Morgan fingerprint density at radius 3 is 2.82 bits per heavy atom. The minimum atomic E-state index is 0.119. The molecule has 0 heterocycles. The van der Waals surface area contributed by atoms with Crippen LogP contribution in [-0.2, 0) is 4.79 Å². The highest BCUT2D eigenvalue weighted by Gasteiger charge is 2.10. The van der Waals surface area contributed by atoms with Crippen LogP contribution in [0.15, 0.2) is 24.3 Å². The summed E-state index contributed by atoms with van der Waals surface area (Å²) in [5, 5.41) is 0. The van der Waals surface area contributed by atoms with Crippen molar-refractivity contribution in [3.63, 3.8) is 0 Å². The summed E-state index contributed by atoms with van der Waals surface area (Å²) < 4.78 is 0. The first-order chi connectivity index (χ1) is 5.20. The van der Waals surface area contributed by atoms with Gasteiger partial charge in [0.25, 0.3) is 0 Å².